The van der Waals surface area contributed by atoms with E-state index in [4.69, 9.17) is 16.2 Å². The Bertz CT molecular complexity index is 1690. The van der Waals surface area contributed by atoms with Gasteiger partial charge in [0.25, 0.3) is 0 Å². The molecule has 0 spiro atoms. The Morgan fingerprint density at radius 2 is 1.51 bits per heavy atom. The summed E-state index contributed by atoms with van der Waals surface area (Å²) in [6.45, 7) is -0.209. The Balaban J connectivity index is 1.85. The highest BCUT2D eigenvalue weighted by Crippen LogP contribution is 2.41. The molecule has 0 bridgehead atoms. The zero-order valence-corrected chi connectivity index (χ0v) is 19.7. The first-order chi connectivity index (χ1) is 17.8. The monoisotopic (exact) mass is 493 g/mol. The second-order valence-corrected chi connectivity index (χ2v) is 8.63. The molecule has 0 unspecified atom stereocenters. The van der Waals surface area contributed by atoms with Crippen molar-refractivity contribution in [3.8, 4) is 16.9 Å². The number of aliphatic carboxylic acids is 1. The number of fused-ring (bicyclic) bond motifs is 3. The van der Waals surface area contributed by atoms with Crippen LogP contribution in [0.25, 0.3) is 32.9 Å². The van der Waals surface area contributed by atoms with Crippen molar-refractivity contribution in [3.63, 3.8) is 0 Å². The molecule has 2 amide bonds. The molecule has 4 aromatic carbocycles. The van der Waals surface area contributed by atoms with Gasteiger partial charge in [-0.2, -0.15) is 0 Å². The van der Waals surface area contributed by atoms with Gasteiger partial charge in [0, 0.05) is 23.1 Å². The summed E-state index contributed by atoms with van der Waals surface area (Å²) in [5.41, 5.74) is 15.9. The smallest absolute Gasteiger partial charge is 0.341 e. The van der Waals surface area contributed by atoms with Crippen molar-refractivity contribution in [1.29, 1.82) is 0 Å². The molecule has 0 atom stereocenters. The molecule has 5 aromatic rings. The SMILES string of the molecule is NC(=O)c1cccc(Cn2c3cc(-c4ccccc4)cc(OCC(=O)O)c3c3c(C(N)=O)cccc32)c1. The van der Waals surface area contributed by atoms with Crippen molar-refractivity contribution in [3.05, 3.63) is 102 Å². The van der Waals surface area contributed by atoms with E-state index in [-0.39, 0.29) is 0 Å². The molecule has 5 N–H and O–H groups in total. The standard InChI is InChI=1S/C29H23N3O5/c30-28(35)19-9-4-6-17(12-19)15-32-22-11-5-10-21(29(31)36)26(22)27-23(32)13-20(18-7-2-1-3-8-18)14-24(27)37-16-25(33)34/h1-14H,15-16H2,(H2,30,35)(H2,31,36)(H,33,34). The number of nitrogens with two attached hydrogens (primary N) is 2. The van der Waals surface area contributed by atoms with Crippen LogP contribution in [-0.4, -0.2) is 34.1 Å². The van der Waals surface area contributed by atoms with E-state index in [1.54, 1.807) is 36.4 Å². The highest BCUT2D eigenvalue weighted by molar-refractivity contribution is 6.20. The Morgan fingerprint density at radius 3 is 2.22 bits per heavy atom. The number of hydrogen-bond donors (Lipinski definition) is 3. The third-order valence-electron chi connectivity index (χ3n) is 6.23. The molecule has 0 aliphatic rings. The van der Waals surface area contributed by atoms with Gasteiger partial charge in [-0.05, 0) is 53.1 Å². The van der Waals surface area contributed by atoms with E-state index in [0.29, 0.717) is 39.7 Å². The molecule has 0 aliphatic carbocycles. The summed E-state index contributed by atoms with van der Waals surface area (Å²) < 4.78 is 7.77. The average Bonchev–Trinajstić information content (AvgIpc) is 3.21. The van der Waals surface area contributed by atoms with Crippen LogP contribution >= 0.6 is 0 Å². The van der Waals surface area contributed by atoms with Crippen molar-refractivity contribution < 1.29 is 24.2 Å². The number of rotatable bonds is 8. The summed E-state index contributed by atoms with van der Waals surface area (Å²) in [5.74, 6) is -1.95. The number of carboxylic acids is 1. The minimum atomic E-state index is -1.12. The predicted octanol–water partition coefficient (Wildman–Crippen LogP) is 4.17. The highest BCUT2D eigenvalue weighted by atomic mass is 16.5. The van der Waals surface area contributed by atoms with Gasteiger partial charge in [-0.25, -0.2) is 4.79 Å². The zero-order chi connectivity index (χ0) is 26.1. The molecule has 8 nitrogen and oxygen atoms in total. The van der Waals surface area contributed by atoms with E-state index in [2.05, 4.69) is 0 Å². The maximum atomic E-state index is 12.4. The van der Waals surface area contributed by atoms with Gasteiger partial charge in [-0.1, -0.05) is 48.5 Å². The summed E-state index contributed by atoms with van der Waals surface area (Å²) in [6.07, 6.45) is 0. The first-order valence-electron chi connectivity index (χ1n) is 11.5. The van der Waals surface area contributed by atoms with Crippen LogP contribution in [0.4, 0.5) is 0 Å². The fraction of sp³-hybridized carbons (Fsp3) is 0.0690. The molecule has 1 aromatic heterocycles. The number of primary amides is 2. The topological polar surface area (TPSA) is 138 Å². The summed E-state index contributed by atoms with van der Waals surface area (Å²) >= 11 is 0. The number of carbonyl (C=O) groups is 3. The van der Waals surface area contributed by atoms with Crippen LogP contribution in [0.1, 0.15) is 26.3 Å². The number of nitrogens with zero attached hydrogens (tertiary/aromatic N) is 1. The Hall–Kier alpha value is -5.11. The van der Waals surface area contributed by atoms with Gasteiger partial charge in [-0.15, -0.1) is 0 Å². The van der Waals surface area contributed by atoms with Crippen LogP contribution in [0.3, 0.4) is 0 Å². The Morgan fingerprint density at radius 1 is 0.757 bits per heavy atom. The molecule has 8 heteroatoms. The van der Waals surface area contributed by atoms with Crippen LogP contribution in [0.15, 0.2) is 84.9 Å². The molecule has 0 fully saturated rings. The number of carbonyl (C=O) groups excluding carboxylic acids is 2. The van der Waals surface area contributed by atoms with Gasteiger partial charge in [-0.3, -0.25) is 9.59 Å². The number of amides is 2. The van der Waals surface area contributed by atoms with E-state index >= 15 is 0 Å². The van der Waals surface area contributed by atoms with Crippen molar-refractivity contribution in [1.82, 2.24) is 4.57 Å². The maximum Gasteiger partial charge on any atom is 0.341 e. The second kappa shape index (κ2) is 9.50. The van der Waals surface area contributed by atoms with Crippen molar-refractivity contribution >= 4 is 39.6 Å². The summed E-state index contributed by atoms with van der Waals surface area (Å²) in [6, 6.07) is 25.6. The van der Waals surface area contributed by atoms with Crippen LogP contribution in [0.2, 0.25) is 0 Å². The molecule has 184 valence electrons. The molecule has 1 heterocycles. The molecule has 37 heavy (non-hydrogen) atoms. The lowest BCUT2D eigenvalue weighted by Gasteiger charge is -2.12. The largest absolute Gasteiger partial charge is 0.481 e. The third kappa shape index (κ3) is 4.48. The third-order valence-corrected chi connectivity index (χ3v) is 6.23. The highest BCUT2D eigenvalue weighted by Gasteiger charge is 2.22. The number of benzene rings is 4. The lowest BCUT2D eigenvalue weighted by molar-refractivity contribution is -0.139. The average molecular weight is 494 g/mol. The van der Waals surface area contributed by atoms with Gasteiger partial charge in [0.2, 0.25) is 11.8 Å². The van der Waals surface area contributed by atoms with Crippen LogP contribution in [0.5, 0.6) is 5.75 Å². The molecule has 5 rings (SSSR count). The van der Waals surface area contributed by atoms with Gasteiger partial charge >= 0.3 is 5.97 Å². The first kappa shape index (κ1) is 23.6. The minimum Gasteiger partial charge on any atom is -0.481 e. The molecule has 0 saturated carbocycles. The molecule has 0 aliphatic heterocycles. The lowest BCUT2D eigenvalue weighted by Crippen LogP contribution is -2.12. The zero-order valence-electron chi connectivity index (χ0n) is 19.7. The van der Waals surface area contributed by atoms with Crippen LogP contribution < -0.4 is 16.2 Å². The fourth-order valence-corrected chi connectivity index (χ4v) is 4.65. The van der Waals surface area contributed by atoms with Crippen LogP contribution in [0, 0.1) is 0 Å². The second-order valence-electron chi connectivity index (χ2n) is 8.63. The summed E-state index contributed by atoms with van der Waals surface area (Å²) in [4.78, 5) is 35.6. The van der Waals surface area contributed by atoms with Gasteiger partial charge in [0.1, 0.15) is 5.75 Å². The number of ether oxygens (including phenoxy) is 1. The predicted molar refractivity (Wildman–Crippen MR) is 141 cm³/mol. The van der Waals surface area contributed by atoms with E-state index < -0.39 is 24.4 Å². The molecule has 0 radical (unpaired) electrons. The van der Waals surface area contributed by atoms with Gasteiger partial charge in [0.15, 0.2) is 6.61 Å². The first-order valence-corrected chi connectivity index (χ1v) is 11.5. The molecular formula is C29H23N3O5. The van der Waals surface area contributed by atoms with E-state index in [0.717, 1.165) is 22.2 Å². The van der Waals surface area contributed by atoms with Crippen molar-refractivity contribution in [2.75, 3.05) is 6.61 Å². The van der Waals surface area contributed by atoms with E-state index in [1.807, 2.05) is 53.1 Å². The van der Waals surface area contributed by atoms with Gasteiger partial charge < -0.3 is 25.9 Å². The van der Waals surface area contributed by atoms with Crippen molar-refractivity contribution in [2.24, 2.45) is 11.5 Å². The van der Waals surface area contributed by atoms with Gasteiger partial charge in [0.05, 0.1) is 16.4 Å². The number of carboxylic acid groups (broad SMARTS) is 1. The fourth-order valence-electron chi connectivity index (χ4n) is 4.65. The maximum absolute atomic E-state index is 12.4. The Labute approximate surface area is 211 Å². The summed E-state index contributed by atoms with van der Waals surface area (Å²) in [5, 5.41) is 10.5. The quantitative estimate of drug-likeness (QED) is 0.298. The number of hydrogen-bond acceptors (Lipinski definition) is 4. The molecule has 0 saturated heterocycles. The normalized spacial score (nSPS) is 11.0. The lowest BCUT2D eigenvalue weighted by atomic mass is 10.0. The van der Waals surface area contributed by atoms with Crippen LogP contribution in [-0.2, 0) is 11.3 Å². The Kier molecular flexibility index (Phi) is 6.07. The number of aromatic nitrogens is 1. The van der Waals surface area contributed by atoms with Crippen molar-refractivity contribution in [2.45, 2.75) is 6.54 Å². The minimum absolute atomic E-state index is 0.291. The molecular weight excluding hydrogens is 470 g/mol. The van der Waals surface area contributed by atoms with E-state index in [9.17, 15) is 19.5 Å². The van der Waals surface area contributed by atoms with E-state index in [1.165, 1.54) is 0 Å². The summed E-state index contributed by atoms with van der Waals surface area (Å²) in [7, 11) is 0.